The predicted octanol–water partition coefficient (Wildman–Crippen LogP) is 1.16. The van der Waals surface area contributed by atoms with Crippen molar-refractivity contribution < 1.29 is 19.1 Å². The maximum absolute atomic E-state index is 11.0. The highest BCUT2D eigenvalue weighted by molar-refractivity contribution is 5.91. The van der Waals surface area contributed by atoms with Gasteiger partial charge in [-0.15, -0.1) is 0 Å². The third-order valence-electron chi connectivity index (χ3n) is 1.29. The average Bonchev–Trinajstić information content (AvgIpc) is 2.26. The average molecular weight is 222 g/mol. The summed E-state index contributed by atoms with van der Waals surface area (Å²) in [4.78, 5) is 27.8. The Morgan fingerprint density at radius 2 is 1.31 bits per heavy atom. The van der Waals surface area contributed by atoms with E-state index in [0.29, 0.717) is 0 Å². The van der Waals surface area contributed by atoms with Gasteiger partial charge in [0.05, 0.1) is 13.8 Å². The molecule has 0 aromatic rings. The van der Waals surface area contributed by atoms with E-state index in [1.54, 1.807) is 0 Å². The van der Waals surface area contributed by atoms with Gasteiger partial charge in [-0.05, 0) is 0 Å². The highest BCUT2D eigenvalue weighted by Crippen LogP contribution is 1.96. The van der Waals surface area contributed by atoms with Crippen LogP contribution in [0, 0.1) is 13.1 Å². The van der Waals surface area contributed by atoms with Gasteiger partial charge in [0.1, 0.15) is 0 Å². The molecule has 0 spiro atoms. The van der Waals surface area contributed by atoms with Crippen LogP contribution in [0.2, 0.25) is 0 Å². The Kier molecular flexibility index (Phi) is 5.99. The zero-order valence-corrected chi connectivity index (χ0v) is 8.84. The summed E-state index contributed by atoms with van der Waals surface area (Å²) in [5.41, 5.74) is 0. The molecule has 0 saturated carbocycles. The van der Waals surface area contributed by atoms with Crippen molar-refractivity contribution in [3.8, 4) is 0 Å². The molecular weight excluding hydrogens is 212 g/mol. The van der Waals surface area contributed by atoms with Crippen LogP contribution in [-0.2, 0) is 19.1 Å². The molecule has 6 nitrogen and oxygen atoms in total. The Hall–Kier alpha value is -2.34. The van der Waals surface area contributed by atoms with Gasteiger partial charge < -0.3 is 9.47 Å². The van der Waals surface area contributed by atoms with Gasteiger partial charge >= 0.3 is 24.4 Å². The molecule has 0 N–H and O–H groups in total. The Bertz CT molecular complexity index is 339. The molecule has 84 valence electrons. The van der Waals surface area contributed by atoms with Crippen LogP contribution in [0.3, 0.4) is 0 Å². The van der Waals surface area contributed by atoms with Crippen LogP contribution in [0.5, 0.6) is 0 Å². The molecule has 0 amide bonds. The first-order valence-electron chi connectivity index (χ1n) is 4.32. The van der Waals surface area contributed by atoms with E-state index in [9.17, 15) is 9.59 Å². The second-order valence-corrected chi connectivity index (χ2v) is 2.66. The molecule has 0 bridgehead atoms. The maximum Gasteiger partial charge on any atom is 0.366 e. The van der Waals surface area contributed by atoms with Crippen molar-refractivity contribution in [2.45, 2.75) is 26.3 Å². The molecule has 0 aromatic heterocycles. The second-order valence-electron chi connectivity index (χ2n) is 2.66. The lowest BCUT2D eigenvalue weighted by atomic mass is 10.5. The van der Waals surface area contributed by atoms with Gasteiger partial charge in [0.15, 0.2) is 0 Å². The van der Waals surface area contributed by atoms with E-state index in [2.05, 4.69) is 19.2 Å². The van der Waals surface area contributed by atoms with Crippen LogP contribution >= 0.6 is 0 Å². The van der Waals surface area contributed by atoms with Gasteiger partial charge in [-0.1, -0.05) is 0 Å². The first-order chi connectivity index (χ1) is 7.49. The summed E-state index contributed by atoms with van der Waals surface area (Å²) in [6.45, 7) is 15.9. The fourth-order valence-corrected chi connectivity index (χ4v) is 0.604. The number of carbonyl (C=O) groups is 2. The fraction of sp³-hybridized carbons (Fsp3) is 0.400. The van der Waals surface area contributed by atoms with E-state index in [4.69, 9.17) is 13.1 Å². The number of rotatable bonds is 4. The minimum atomic E-state index is -0.893. The Morgan fingerprint density at radius 3 is 1.56 bits per heavy atom. The number of hydrogen-bond donors (Lipinski definition) is 0. The minimum Gasteiger partial charge on any atom is -0.388 e. The quantitative estimate of drug-likeness (QED) is 0.407. The normalized spacial score (nSPS) is 13.2. The molecule has 0 radical (unpaired) electrons. The summed E-state index contributed by atoms with van der Waals surface area (Å²) in [5, 5.41) is 0. The van der Waals surface area contributed by atoms with Crippen LogP contribution in [0.25, 0.3) is 9.69 Å². The van der Waals surface area contributed by atoms with Gasteiger partial charge in [0.2, 0.25) is 0 Å². The lowest BCUT2D eigenvalue weighted by Crippen LogP contribution is -2.11. The molecule has 0 fully saturated rings. The van der Waals surface area contributed by atoms with E-state index in [-0.39, 0.29) is 0 Å². The molecule has 6 heteroatoms. The monoisotopic (exact) mass is 222 g/mol. The van der Waals surface area contributed by atoms with Crippen molar-refractivity contribution in [3.63, 3.8) is 0 Å². The standard InChI is InChI=1S/C10H10N2O4/c1-7(11-3)15-9(13)5-6-10(14)16-8(2)12-4/h5-8H,1-2H3/b6-5+. The molecule has 0 rings (SSSR count). The first-order valence-corrected chi connectivity index (χ1v) is 4.32. The molecule has 0 saturated heterocycles. The SMILES string of the molecule is [C-]#[N+]C(C)OC(=O)/C=C/C(=O)OC(C)[N+]#[C-]. The van der Waals surface area contributed by atoms with E-state index >= 15 is 0 Å². The van der Waals surface area contributed by atoms with Crippen molar-refractivity contribution in [3.05, 3.63) is 35.0 Å². The lowest BCUT2D eigenvalue weighted by molar-refractivity contribution is -0.143. The first kappa shape index (κ1) is 13.7. The van der Waals surface area contributed by atoms with Crippen LogP contribution in [-0.4, -0.2) is 24.4 Å². The summed E-state index contributed by atoms with van der Waals surface area (Å²) in [6.07, 6.45) is -0.0906. The molecule has 2 unspecified atom stereocenters. The zero-order chi connectivity index (χ0) is 12.6. The van der Waals surface area contributed by atoms with E-state index in [1.807, 2.05) is 0 Å². The molecule has 0 aliphatic rings. The highest BCUT2D eigenvalue weighted by atomic mass is 16.6. The molecule has 0 aromatic carbocycles. The van der Waals surface area contributed by atoms with Gasteiger partial charge in [-0.2, -0.15) is 0 Å². The van der Waals surface area contributed by atoms with Gasteiger partial charge in [-0.25, -0.2) is 22.7 Å². The summed E-state index contributed by atoms with van der Waals surface area (Å²) in [5.74, 6) is -1.62. The number of esters is 2. The number of ether oxygens (including phenoxy) is 2. The maximum atomic E-state index is 11.0. The molecule has 0 aliphatic heterocycles. The Labute approximate surface area is 93.1 Å². The predicted molar refractivity (Wildman–Crippen MR) is 53.5 cm³/mol. The largest absolute Gasteiger partial charge is 0.388 e. The van der Waals surface area contributed by atoms with Crippen LogP contribution < -0.4 is 0 Å². The van der Waals surface area contributed by atoms with E-state index in [1.165, 1.54) is 13.8 Å². The van der Waals surface area contributed by atoms with Crippen molar-refractivity contribution in [1.29, 1.82) is 0 Å². The third kappa shape index (κ3) is 6.17. The van der Waals surface area contributed by atoms with Crippen molar-refractivity contribution in [1.82, 2.24) is 0 Å². The topological polar surface area (TPSA) is 61.3 Å². The lowest BCUT2D eigenvalue weighted by Gasteiger charge is -1.99. The summed E-state index contributed by atoms with van der Waals surface area (Å²) in [6, 6.07) is 0. The number of nitrogens with zero attached hydrogens (tertiary/aromatic N) is 2. The Morgan fingerprint density at radius 1 is 1.00 bits per heavy atom. The van der Waals surface area contributed by atoms with Crippen molar-refractivity contribution >= 4 is 11.9 Å². The van der Waals surface area contributed by atoms with Gasteiger partial charge in [-0.3, -0.25) is 9.69 Å². The zero-order valence-electron chi connectivity index (χ0n) is 8.84. The summed E-state index contributed by atoms with van der Waals surface area (Å²) in [7, 11) is 0. The number of hydrogen-bond acceptors (Lipinski definition) is 4. The number of carbonyl (C=O) groups excluding carboxylic acids is 2. The fourth-order valence-electron chi connectivity index (χ4n) is 0.604. The summed E-state index contributed by atoms with van der Waals surface area (Å²) >= 11 is 0. The second kappa shape index (κ2) is 7.02. The van der Waals surface area contributed by atoms with Crippen molar-refractivity contribution in [2.75, 3.05) is 0 Å². The highest BCUT2D eigenvalue weighted by Gasteiger charge is 2.11. The van der Waals surface area contributed by atoms with E-state index in [0.717, 1.165) is 12.2 Å². The van der Waals surface area contributed by atoms with Gasteiger partial charge in [0.25, 0.3) is 0 Å². The van der Waals surface area contributed by atoms with Gasteiger partial charge in [0, 0.05) is 12.2 Å². The van der Waals surface area contributed by atoms with Crippen LogP contribution in [0.4, 0.5) is 0 Å². The van der Waals surface area contributed by atoms with Crippen LogP contribution in [0.1, 0.15) is 13.8 Å². The smallest absolute Gasteiger partial charge is 0.366 e. The van der Waals surface area contributed by atoms with Crippen LogP contribution in [0.15, 0.2) is 12.2 Å². The molecule has 0 aliphatic carbocycles. The third-order valence-corrected chi connectivity index (χ3v) is 1.29. The molecular formula is C10H10N2O4. The van der Waals surface area contributed by atoms with Crippen molar-refractivity contribution in [2.24, 2.45) is 0 Å². The summed E-state index contributed by atoms with van der Waals surface area (Å²) < 4.78 is 9.07. The van der Waals surface area contributed by atoms with E-state index < -0.39 is 24.4 Å². The Balaban J connectivity index is 4.10. The molecule has 16 heavy (non-hydrogen) atoms. The molecule has 2 atom stereocenters. The molecule has 0 heterocycles. The minimum absolute atomic E-state index is 0.809.